The summed E-state index contributed by atoms with van der Waals surface area (Å²) in [5.41, 5.74) is 0.751. The van der Waals surface area contributed by atoms with Gasteiger partial charge in [0.1, 0.15) is 0 Å². The van der Waals surface area contributed by atoms with Crippen molar-refractivity contribution in [3.8, 4) is 0 Å². The molecule has 1 N–H and O–H groups in total. The van der Waals surface area contributed by atoms with Crippen molar-refractivity contribution in [1.29, 1.82) is 0 Å². The molecule has 0 spiro atoms. The predicted molar refractivity (Wildman–Crippen MR) is 88.7 cm³/mol. The summed E-state index contributed by atoms with van der Waals surface area (Å²) < 4.78 is 0. The molecule has 0 bridgehead atoms. The number of carbonyl (C=O) groups excluding carboxylic acids is 3. The number of nitrogens with zero attached hydrogens (tertiary/aromatic N) is 4. The molecule has 130 valence electrons. The average Bonchev–Trinajstić information content (AvgIpc) is 2.61. The Hall–Kier alpha value is -2.48. The van der Waals surface area contributed by atoms with Gasteiger partial charge in [0.15, 0.2) is 0 Å². The number of likely N-dealkylation sites (N-methyl/N-ethyl adjacent to an activating group) is 1. The second kappa shape index (κ2) is 8.39. The van der Waals surface area contributed by atoms with Gasteiger partial charge in [0.25, 0.3) is 11.8 Å². The van der Waals surface area contributed by atoms with Gasteiger partial charge in [-0.15, -0.1) is 0 Å². The number of hydrogen-bond acceptors (Lipinski definition) is 5. The SMILES string of the molecule is CN(C)CCNC(=O)c1cncc(C(=O)N2CCN(C=O)CC2)c1. The fourth-order valence-corrected chi connectivity index (χ4v) is 2.39. The van der Waals surface area contributed by atoms with Gasteiger partial charge in [-0.1, -0.05) is 0 Å². The van der Waals surface area contributed by atoms with E-state index < -0.39 is 0 Å². The van der Waals surface area contributed by atoms with Gasteiger partial charge in [-0.05, 0) is 20.2 Å². The number of piperazine rings is 1. The third-order valence-corrected chi connectivity index (χ3v) is 3.84. The molecule has 8 nitrogen and oxygen atoms in total. The zero-order valence-corrected chi connectivity index (χ0v) is 14.1. The molecular weight excluding hydrogens is 310 g/mol. The van der Waals surface area contributed by atoms with Crippen molar-refractivity contribution in [2.75, 3.05) is 53.4 Å². The first-order valence-corrected chi connectivity index (χ1v) is 7.88. The van der Waals surface area contributed by atoms with E-state index in [1.807, 2.05) is 19.0 Å². The molecule has 1 aliphatic rings. The number of aromatic nitrogens is 1. The van der Waals surface area contributed by atoms with Crippen molar-refractivity contribution in [3.63, 3.8) is 0 Å². The fourth-order valence-electron chi connectivity index (χ4n) is 2.39. The Morgan fingerprint density at radius 1 is 1.21 bits per heavy atom. The molecule has 1 saturated heterocycles. The van der Waals surface area contributed by atoms with Crippen LogP contribution in [0.2, 0.25) is 0 Å². The van der Waals surface area contributed by atoms with E-state index in [0.717, 1.165) is 13.0 Å². The molecule has 0 aliphatic carbocycles. The normalized spacial score (nSPS) is 14.6. The zero-order valence-electron chi connectivity index (χ0n) is 14.1. The van der Waals surface area contributed by atoms with Gasteiger partial charge in [-0.2, -0.15) is 0 Å². The van der Waals surface area contributed by atoms with Gasteiger partial charge >= 0.3 is 0 Å². The Balaban J connectivity index is 1.97. The van der Waals surface area contributed by atoms with Gasteiger partial charge < -0.3 is 20.0 Å². The van der Waals surface area contributed by atoms with E-state index in [1.54, 1.807) is 15.9 Å². The summed E-state index contributed by atoms with van der Waals surface area (Å²) in [6, 6.07) is 1.56. The van der Waals surface area contributed by atoms with Crippen molar-refractivity contribution in [2.24, 2.45) is 0 Å². The second-order valence-corrected chi connectivity index (χ2v) is 5.96. The minimum absolute atomic E-state index is 0.170. The summed E-state index contributed by atoms with van der Waals surface area (Å²) in [7, 11) is 3.86. The largest absolute Gasteiger partial charge is 0.351 e. The summed E-state index contributed by atoms with van der Waals surface area (Å²) in [5.74, 6) is -0.416. The third kappa shape index (κ3) is 4.76. The van der Waals surface area contributed by atoms with Crippen LogP contribution in [-0.4, -0.2) is 91.3 Å². The maximum atomic E-state index is 12.5. The van der Waals surface area contributed by atoms with E-state index in [9.17, 15) is 14.4 Å². The smallest absolute Gasteiger partial charge is 0.255 e. The van der Waals surface area contributed by atoms with Crippen LogP contribution < -0.4 is 5.32 Å². The molecule has 0 radical (unpaired) electrons. The molecule has 1 aromatic rings. The summed E-state index contributed by atoms with van der Waals surface area (Å²) in [6.07, 6.45) is 3.71. The standard InChI is InChI=1S/C16H23N5O3/c1-19(2)4-3-18-15(23)13-9-14(11-17-10-13)16(24)21-7-5-20(12-22)6-8-21/h9-12H,3-8H2,1-2H3,(H,18,23). The molecule has 0 atom stereocenters. The van der Waals surface area contributed by atoms with Gasteiger partial charge in [0.2, 0.25) is 6.41 Å². The molecule has 2 heterocycles. The first kappa shape index (κ1) is 17.9. The summed E-state index contributed by atoms with van der Waals surface area (Å²) in [5, 5.41) is 2.80. The Morgan fingerprint density at radius 3 is 2.50 bits per heavy atom. The monoisotopic (exact) mass is 333 g/mol. The quantitative estimate of drug-likeness (QED) is 0.695. The van der Waals surface area contributed by atoms with Crippen LogP contribution >= 0.6 is 0 Å². The molecule has 24 heavy (non-hydrogen) atoms. The second-order valence-electron chi connectivity index (χ2n) is 5.96. The Kier molecular flexibility index (Phi) is 6.25. The maximum Gasteiger partial charge on any atom is 0.255 e. The third-order valence-electron chi connectivity index (χ3n) is 3.84. The highest BCUT2D eigenvalue weighted by Gasteiger charge is 2.22. The van der Waals surface area contributed by atoms with Gasteiger partial charge in [0.05, 0.1) is 11.1 Å². The maximum absolute atomic E-state index is 12.5. The van der Waals surface area contributed by atoms with Gasteiger partial charge in [-0.25, -0.2) is 0 Å². The number of amides is 3. The van der Waals surface area contributed by atoms with Crippen LogP contribution in [-0.2, 0) is 4.79 Å². The lowest BCUT2D eigenvalue weighted by Crippen LogP contribution is -2.48. The highest BCUT2D eigenvalue weighted by Crippen LogP contribution is 2.09. The first-order chi connectivity index (χ1) is 11.5. The van der Waals surface area contributed by atoms with Crippen molar-refractivity contribution < 1.29 is 14.4 Å². The molecule has 0 saturated carbocycles. The number of pyridine rings is 1. The predicted octanol–water partition coefficient (Wildman–Crippen LogP) is -0.713. The van der Waals surface area contributed by atoms with Crippen molar-refractivity contribution in [3.05, 3.63) is 29.6 Å². The van der Waals surface area contributed by atoms with Gasteiger partial charge in [0, 0.05) is 51.7 Å². The summed E-state index contributed by atoms with van der Waals surface area (Å²) in [4.78, 5) is 44.6. The lowest BCUT2D eigenvalue weighted by atomic mass is 10.1. The van der Waals surface area contributed by atoms with Crippen LogP contribution in [0.25, 0.3) is 0 Å². The summed E-state index contributed by atoms with van der Waals surface area (Å²) in [6.45, 7) is 3.27. The molecule has 1 fully saturated rings. The summed E-state index contributed by atoms with van der Waals surface area (Å²) >= 11 is 0. The lowest BCUT2D eigenvalue weighted by molar-refractivity contribution is -0.119. The van der Waals surface area contributed by atoms with E-state index in [2.05, 4.69) is 10.3 Å². The topological polar surface area (TPSA) is 85.8 Å². The van der Waals surface area contributed by atoms with Crippen LogP contribution in [0.1, 0.15) is 20.7 Å². The molecular formula is C16H23N5O3. The van der Waals surface area contributed by atoms with E-state index in [-0.39, 0.29) is 11.8 Å². The molecule has 3 amide bonds. The first-order valence-electron chi connectivity index (χ1n) is 7.88. The molecule has 0 unspecified atom stereocenters. The van der Waals surface area contributed by atoms with Crippen molar-refractivity contribution in [2.45, 2.75) is 0 Å². The number of carbonyl (C=O) groups is 3. The lowest BCUT2D eigenvalue weighted by Gasteiger charge is -2.32. The highest BCUT2D eigenvalue weighted by molar-refractivity contribution is 5.99. The van der Waals surface area contributed by atoms with E-state index in [4.69, 9.17) is 0 Å². The number of rotatable bonds is 6. The zero-order chi connectivity index (χ0) is 17.5. The minimum Gasteiger partial charge on any atom is -0.351 e. The number of nitrogens with one attached hydrogen (secondary N) is 1. The van der Waals surface area contributed by atoms with E-state index in [1.165, 1.54) is 12.4 Å². The number of hydrogen-bond donors (Lipinski definition) is 1. The van der Waals surface area contributed by atoms with Crippen LogP contribution in [0.15, 0.2) is 18.5 Å². The molecule has 1 aliphatic heterocycles. The Labute approximate surface area is 141 Å². The van der Waals surface area contributed by atoms with Crippen LogP contribution in [0.5, 0.6) is 0 Å². The van der Waals surface area contributed by atoms with Crippen LogP contribution in [0.3, 0.4) is 0 Å². The fraction of sp³-hybridized carbons (Fsp3) is 0.500. The van der Waals surface area contributed by atoms with Crippen molar-refractivity contribution in [1.82, 2.24) is 25.0 Å². The average molecular weight is 333 g/mol. The molecule has 8 heteroatoms. The highest BCUT2D eigenvalue weighted by atomic mass is 16.2. The van der Waals surface area contributed by atoms with E-state index >= 15 is 0 Å². The van der Waals surface area contributed by atoms with E-state index in [0.29, 0.717) is 43.9 Å². The van der Waals surface area contributed by atoms with Crippen molar-refractivity contribution >= 4 is 18.2 Å². The molecule has 0 aromatic carbocycles. The van der Waals surface area contributed by atoms with Gasteiger partial charge in [-0.3, -0.25) is 19.4 Å². The Bertz CT molecular complexity index is 597. The minimum atomic E-state index is -0.246. The molecule has 1 aromatic heterocycles. The molecule has 2 rings (SSSR count). The van der Waals surface area contributed by atoms with Crippen LogP contribution in [0, 0.1) is 0 Å². The van der Waals surface area contributed by atoms with Crippen LogP contribution in [0.4, 0.5) is 0 Å². The Morgan fingerprint density at radius 2 is 1.88 bits per heavy atom.